The molecule has 3 heterocycles. The van der Waals surface area contributed by atoms with E-state index >= 15 is 4.39 Å². The number of hydrogen-bond donors (Lipinski definition) is 1. The maximum Gasteiger partial charge on any atom is 0.264 e. The van der Waals surface area contributed by atoms with E-state index in [0.717, 1.165) is 37.4 Å². The summed E-state index contributed by atoms with van der Waals surface area (Å²) in [5.41, 5.74) is 2.04. The highest BCUT2D eigenvalue weighted by Crippen LogP contribution is 2.36. The Balaban J connectivity index is 1.42. The Morgan fingerprint density at radius 3 is 2.50 bits per heavy atom. The van der Waals surface area contributed by atoms with Crippen molar-refractivity contribution in [2.45, 2.75) is 45.6 Å². The smallest absolute Gasteiger partial charge is 0.264 e. The summed E-state index contributed by atoms with van der Waals surface area (Å²) in [6.45, 7) is 3.60. The molecule has 3 aromatic heterocycles. The van der Waals surface area contributed by atoms with Gasteiger partial charge in [-0.2, -0.15) is 0 Å². The van der Waals surface area contributed by atoms with Crippen molar-refractivity contribution in [3.8, 4) is 23.1 Å². The van der Waals surface area contributed by atoms with Crippen LogP contribution < -0.4 is 25.1 Å². The molecule has 9 nitrogen and oxygen atoms in total. The van der Waals surface area contributed by atoms with Crippen LogP contribution in [0, 0.1) is 19.7 Å². The lowest BCUT2D eigenvalue weighted by atomic mass is 10.1. The van der Waals surface area contributed by atoms with E-state index < -0.39 is 11.7 Å². The summed E-state index contributed by atoms with van der Waals surface area (Å²) in [4.78, 5) is 35.4. The number of nitrogens with one attached hydrogen (secondary N) is 1. The Kier molecular flexibility index (Phi) is 7.75. The number of hydrogen-bond acceptors (Lipinski definition) is 7. The SMILES string of the molecule is COc1cc2nccc(Oc3ccc(NC(=O)c4c(C)c(Br)c(C)n(C5CCCC5)c4=O)cc3F)c2nc1OC. The van der Waals surface area contributed by atoms with E-state index in [-0.39, 0.29) is 40.2 Å². The zero-order valence-electron chi connectivity index (χ0n) is 22.5. The van der Waals surface area contributed by atoms with Crippen LogP contribution in [0.1, 0.15) is 53.3 Å². The summed E-state index contributed by atoms with van der Waals surface area (Å²) in [7, 11) is 2.95. The second kappa shape index (κ2) is 11.2. The predicted molar refractivity (Wildman–Crippen MR) is 152 cm³/mol. The molecule has 0 atom stereocenters. The van der Waals surface area contributed by atoms with Crippen LogP contribution in [0.15, 0.2) is 45.8 Å². The van der Waals surface area contributed by atoms with Gasteiger partial charge in [-0.3, -0.25) is 14.6 Å². The number of amides is 1. The molecule has 1 saturated carbocycles. The molecule has 0 bridgehead atoms. The Labute approximate surface area is 238 Å². The fraction of sp³-hybridized carbons (Fsp3) is 0.310. The van der Waals surface area contributed by atoms with Gasteiger partial charge in [0.1, 0.15) is 11.1 Å². The van der Waals surface area contributed by atoms with Crippen molar-refractivity contribution in [1.82, 2.24) is 14.5 Å². The highest BCUT2D eigenvalue weighted by molar-refractivity contribution is 9.10. The standard InChI is InChI=1S/C29H28BrFN4O5/c1-15-24(29(37)35(16(2)25(15)30)18-7-5-6-8-18)27(36)33-17-9-10-21(19(31)13-17)40-22-11-12-32-20-14-23(38-3)28(39-4)34-26(20)22/h9-14,18H,5-8H2,1-4H3,(H,33,36). The maximum absolute atomic E-state index is 15.2. The van der Waals surface area contributed by atoms with Gasteiger partial charge >= 0.3 is 0 Å². The molecule has 0 aliphatic heterocycles. The molecule has 208 valence electrons. The van der Waals surface area contributed by atoms with E-state index in [9.17, 15) is 9.59 Å². The first kappa shape index (κ1) is 27.6. The summed E-state index contributed by atoms with van der Waals surface area (Å²) in [5.74, 6) is -0.510. The van der Waals surface area contributed by atoms with Gasteiger partial charge in [0.15, 0.2) is 23.1 Å². The molecular weight excluding hydrogens is 583 g/mol. The van der Waals surface area contributed by atoms with Gasteiger partial charge < -0.3 is 24.1 Å². The van der Waals surface area contributed by atoms with Crippen molar-refractivity contribution in [3.63, 3.8) is 0 Å². The summed E-state index contributed by atoms with van der Waals surface area (Å²) in [6, 6.07) is 7.31. The second-order valence-corrected chi connectivity index (χ2v) is 10.4. The second-order valence-electron chi connectivity index (χ2n) is 9.59. The lowest BCUT2D eigenvalue weighted by Crippen LogP contribution is -2.34. The monoisotopic (exact) mass is 610 g/mol. The average molecular weight is 611 g/mol. The maximum atomic E-state index is 15.2. The average Bonchev–Trinajstić information content (AvgIpc) is 3.47. The number of halogens is 2. The third-order valence-electron chi connectivity index (χ3n) is 7.16. The van der Waals surface area contributed by atoms with Crippen LogP contribution >= 0.6 is 15.9 Å². The van der Waals surface area contributed by atoms with Gasteiger partial charge in [0.05, 0.1) is 19.7 Å². The van der Waals surface area contributed by atoms with Crippen molar-refractivity contribution in [2.75, 3.05) is 19.5 Å². The molecule has 1 aromatic carbocycles. The molecule has 1 aliphatic rings. The van der Waals surface area contributed by atoms with E-state index in [2.05, 4.69) is 31.2 Å². The number of methoxy groups -OCH3 is 2. The molecular formula is C29H28BrFN4O5. The Bertz CT molecular complexity index is 1680. The third kappa shape index (κ3) is 5.01. The molecule has 0 unspecified atom stereocenters. The van der Waals surface area contributed by atoms with E-state index in [0.29, 0.717) is 26.8 Å². The number of ether oxygens (including phenoxy) is 3. The summed E-state index contributed by atoms with van der Waals surface area (Å²) in [5, 5.41) is 2.67. The minimum absolute atomic E-state index is 0.0313. The fourth-order valence-electron chi connectivity index (χ4n) is 5.15. The van der Waals surface area contributed by atoms with Crippen molar-refractivity contribution in [1.29, 1.82) is 0 Å². The Hall–Kier alpha value is -3.99. The van der Waals surface area contributed by atoms with E-state index in [4.69, 9.17) is 14.2 Å². The zero-order chi connectivity index (χ0) is 28.6. The van der Waals surface area contributed by atoms with Crippen LogP contribution in [0.2, 0.25) is 0 Å². The largest absolute Gasteiger partial charge is 0.491 e. The summed E-state index contributed by atoms with van der Waals surface area (Å²) >= 11 is 3.56. The molecule has 1 fully saturated rings. The lowest BCUT2D eigenvalue weighted by molar-refractivity contribution is 0.102. The molecule has 0 radical (unpaired) electrons. The molecule has 0 spiro atoms. The molecule has 1 N–H and O–H groups in total. The predicted octanol–water partition coefficient (Wildman–Crippen LogP) is 6.49. The highest BCUT2D eigenvalue weighted by atomic mass is 79.9. The lowest BCUT2D eigenvalue weighted by Gasteiger charge is -2.21. The minimum atomic E-state index is -0.714. The molecule has 40 heavy (non-hydrogen) atoms. The number of anilines is 1. The van der Waals surface area contributed by atoms with Gasteiger partial charge in [-0.15, -0.1) is 0 Å². The van der Waals surface area contributed by atoms with E-state index in [1.807, 2.05) is 6.92 Å². The number of nitrogens with zero attached hydrogens (tertiary/aromatic N) is 3. The molecule has 1 amide bonds. The molecule has 4 aromatic rings. The van der Waals surface area contributed by atoms with Gasteiger partial charge in [-0.1, -0.05) is 12.8 Å². The number of benzene rings is 1. The van der Waals surface area contributed by atoms with Gasteiger partial charge in [0.2, 0.25) is 0 Å². The van der Waals surface area contributed by atoms with Crippen LogP contribution in [0.3, 0.4) is 0 Å². The highest BCUT2D eigenvalue weighted by Gasteiger charge is 2.27. The molecule has 0 saturated heterocycles. The van der Waals surface area contributed by atoms with Crippen LogP contribution in [0.25, 0.3) is 11.0 Å². The zero-order valence-corrected chi connectivity index (χ0v) is 24.1. The van der Waals surface area contributed by atoms with Crippen molar-refractivity contribution < 1.29 is 23.4 Å². The number of pyridine rings is 3. The number of fused-ring (bicyclic) bond motifs is 1. The van der Waals surface area contributed by atoms with E-state index in [1.54, 1.807) is 23.6 Å². The first-order valence-corrected chi connectivity index (χ1v) is 13.6. The first-order valence-electron chi connectivity index (χ1n) is 12.8. The van der Waals surface area contributed by atoms with Crippen molar-refractivity contribution in [2.24, 2.45) is 0 Å². The number of aromatic nitrogens is 3. The third-order valence-corrected chi connectivity index (χ3v) is 8.33. The molecule has 11 heteroatoms. The fourth-order valence-corrected chi connectivity index (χ4v) is 5.54. The number of carbonyl (C=O) groups is 1. The normalized spacial score (nSPS) is 13.4. The van der Waals surface area contributed by atoms with Crippen LogP contribution in [0.4, 0.5) is 10.1 Å². The summed E-state index contributed by atoms with van der Waals surface area (Å²) in [6.07, 6.45) is 5.39. The Morgan fingerprint density at radius 2 is 1.82 bits per heavy atom. The minimum Gasteiger partial charge on any atom is -0.491 e. The van der Waals surface area contributed by atoms with Crippen LogP contribution in [0.5, 0.6) is 23.1 Å². The van der Waals surface area contributed by atoms with Crippen LogP contribution in [-0.4, -0.2) is 34.7 Å². The Morgan fingerprint density at radius 1 is 1.07 bits per heavy atom. The number of carbonyl (C=O) groups excluding carboxylic acids is 1. The summed E-state index contributed by atoms with van der Waals surface area (Å²) < 4.78 is 34.0. The topological polar surface area (TPSA) is 105 Å². The van der Waals surface area contributed by atoms with Crippen molar-refractivity contribution >= 4 is 38.6 Å². The molecule has 5 rings (SSSR count). The van der Waals surface area contributed by atoms with Gasteiger partial charge in [-0.25, -0.2) is 9.37 Å². The van der Waals surface area contributed by atoms with Gasteiger partial charge in [0.25, 0.3) is 17.3 Å². The van der Waals surface area contributed by atoms with Gasteiger partial charge in [0, 0.05) is 46.3 Å². The van der Waals surface area contributed by atoms with Gasteiger partial charge in [-0.05, 0) is 60.3 Å². The number of rotatable bonds is 7. The van der Waals surface area contributed by atoms with E-state index in [1.165, 1.54) is 32.5 Å². The molecule has 1 aliphatic carbocycles. The van der Waals surface area contributed by atoms with Crippen molar-refractivity contribution in [3.05, 3.63) is 74.0 Å². The quantitative estimate of drug-likeness (QED) is 0.255. The van der Waals surface area contributed by atoms with Crippen LogP contribution in [-0.2, 0) is 0 Å². The first-order chi connectivity index (χ1) is 19.2.